The molecule has 1 aliphatic heterocycles. The van der Waals surface area contributed by atoms with Crippen LogP contribution < -0.4 is 5.32 Å². The van der Waals surface area contributed by atoms with E-state index in [1.54, 1.807) is 0 Å². The summed E-state index contributed by atoms with van der Waals surface area (Å²) in [6, 6.07) is 3.30. The molecule has 1 amide bonds. The number of amides is 1. The molecule has 2 N–H and O–H groups in total. The highest BCUT2D eigenvalue weighted by Gasteiger charge is 2.38. The number of rotatable bonds is 2. The van der Waals surface area contributed by atoms with E-state index in [1.807, 2.05) is 13.8 Å². The number of phenols is 1. The van der Waals surface area contributed by atoms with Gasteiger partial charge in [-0.25, -0.2) is 4.39 Å². The average Bonchev–Trinajstić information content (AvgIpc) is 2.62. The highest BCUT2D eigenvalue weighted by atomic mass is 19.1. The van der Waals surface area contributed by atoms with Crippen LogP contribution in [-0.2, 0) is 4.74 Å². The van der Waals surface area contributed by atoms with Crippen molar-refractivity contribution in [1.82, 2.24) is 5.32 Å². The van der Waals surface area contributed by atoms with Crippen LogP contribution in [0.25, 0.3) is 0 Å². The highest BCUT2D eigenvalue weighted by molar-refractivity contribution is 5.97. The first-order valence-corrected chi connectivity index (χ1v) is 5.85. The Morgan fingerprint density at radius 3 is 2.94 bits per heavy atom. The van der Waals surface area contributed by atoms with E-state index < -0.39 is 17.3 Å². The molecule has 98 valence electrons. The molecular formula is C13H16FNO3. The third-order valence-corrected chi connectivity index (χ3v) is 3.49. The molecule has 1 saturated heterocycles. The van der Waals surface area contributed by atoms with Crippen molar-refractivity contribution in [2.45, 2.75) is 31.9 Å². The minimum Gasteiger partial charge on any atom is -0.507 e. The van der Waals surface area contributed by atoms with E-state index in [-0.39, 0.29) is 17.4 Å². The summed E-state index contributed by atoms with van der Waals surface area (Å²) in [5.41, 5.74) is -0.550. The van der Waals surface area contributed by atoms with Gasteiger partial charge in [0.1, 0.15) is 11.6 Å². The molecule has 1 aliphatic rings. The Balaban J connectivity index is 2.19. The van der Waals surface area contributed by atoms with Gasteiger partial charge in [0, 0.05) is 6.61 Å². The quantitative estimate of drug-likeness (QED) is 0.845. The average molecular weight is 253 g/mol. The number of aromatic hydroxyl groups is 1. The Labute approximate surface area is 105 Å². The van der Waals surface area contributed by atoms with Crippen LogP contribution in [0.15, 0.2) is 18.2 Å². The minimum atomic E-state index is -0.557. The number of carbonyl (C=O) groups excluding carboxylic acids is 1. The SMILES string of the molecule is CC1OCCC1(C)NC(=O)c1cc(F)ccc1O. The summed E-state index contributed by atoms with van der Waals surface area (Å²) in [4.78, 5) is 12.0. The zero-order valence-electron chi connectivity index (χ0n) is 10.4. The zero-order chi connectivity index (χ0) is 13.3. The summed E-state index contributed by atoms with van der Waals surface area (Å²) < 4.78 is 18.5. The molecule has 2 atom stereocenters. The first-order valence-electron chi connectivity index (χ1n) is 5.85. The van der Waals surface area contributed by atoms with E-state index in [0.717, 1.165) is 12.1 Å². The van der Waals surface area contributed by atoms with Crippen LogP contribution in [0.3, 0.4) is 0 Å². The van der Waals surface area contributed by atoms with E-state index >= 15 is 0 Å². The summed E-state index contributed by atoms with van der Waals surface area (Å²) in [5.74, 6) is -1.28. The molecule has 4 nitrogen and oxygen atoms in total. The molecule has 1 aromatic rings. The van der Waals surface area contributed by atoms with Gasteiger partial charge in [-0.15, -0.1) is 0 Å². The topological polar surface area (TPSA) is 58.6 Å². The molecule has 0 bridgehead atoms. The second-order valence-corrected chi connectivity index (χ2v) is 4.80. The number of phenolic OH excluding ortho intramolecular Hbond substituents is 1. The molecule has 1 heterocycles. The third-order valence-electron chi connectivity index (χ3n) is 3.49. The van der Waals surface area contributed by atoms with Gasteiger partial charge in [0.05, 0.1) is 17.2 Å². The third kappa shape index (κ3) is 2.31. The van der Waals surface area contributed by atoms with Crippen LogP contribution in [-0.4, -0.2) is 29.3 Å². The first kappa shape index (κ1) is 12.8. The molecule has 0 radical (unpaired) electrons. The lowest BCUT2D eigenvalue weighted by Gasteiger charge is -2.29. The summed E-state index contributed by atoms with van der Waals surface area (Å²) >= 11 is 0. The smallest absolute Gasteiger partial charge is 0.255 e. The first-order chi connectivity index (χ1) is 8.42. The van der Waals surface area contributed by atoms with Gasteiger partial charge in [-0.05, 0) is 38.5 Å². The molecule has 1 aromatic carbocycles. The molecular weight excluding hydrogens is 237 g/mol. The lowest BCUT2D eigenvalue weighted by Crippen LogP contribution is -2.50. The molecule has 1 fully saturated rings. The Kier molecular flexibility index (Phi) is 3.26. The van der Waals surface area contributed by atoms with Crippen molar-refractivity contribution in [2.75, 3.05) is 6.61 Å². The number of benzene rings is 1. The van der Waals surface area contributed by atoms with Crippen LogP contribution in [0, 0.1) is 5.82 Å². The fraction of sp³-hybridized carbons (Fsp3) is 0.462. The van der Waals surface area contributed by atoms with Crippen molar-refractivity contribution < 1.29 is 19.0 Å². The van der Waals surface area contributed by atoms with E-state index in [0.29, 0.717) is 13.0 Å². The summed E-state index contributed by atoms with van der Waals surface area (Å²) in [7, 11) is 0. The van der Waals surface area contributed by atoms with Crippen molar-refractivity contribution in [3.05, 3.63) is 29.6 Å². The number of carbonyl (C=O) groups is 1. The number of hydrogen-bond donors (Lipinski definition) is 2. The van der Waals surface area contributed by atoms with E-state index in [2.05, 4.69) is 5.32 Å². The molecule has 0 aliphatic carbocycles. The second kappa shape index (κ2) is 4.57. The lowest BCUT2D eigenvalue weighted by molar-refractivity contribution is 0.0725. The van der Waals surface area contributed by atoms with Gasteiger partial charge >= 0.3 is 0 Å². The molecule has 18 heavy (non-hydrogen) atoms. The molecule has 0 spiro atoms. The maximum atomic E-state index is 13.1. The van der Waals surface area contributed by atoms with Gasteiger partial charge in [0.15, 0.2) is 0 Å². The monoisotopic (exact) mass is 253 g/mol. The maximum absolute atomic E-state index is 13.1. The number of ether oxygens (including phenoxy) is 1. The normalized spacial score (nSPS) is 27.2. The molecule has 2 unspecified atom stereocenters. The lowest BCUT2D eigenvalue weighted by atomic mass is 9.94. The van der Waals surface area contributed by atoms with Gasteiger partial charge in [-0.2, -0.15) is 0 Å². The predicted molar refractivity (Wildman–Crippen MR) is 64.0 cm³/mol. The highest BCUT2D eigenvalue weighted by Crippen LogP contribution is 2.26. The number of nitrogens with one attached hydrogen (secondary N) is 1. The minimum absolute atomic E-state index is 0.0599. The van der Waals surface area contributed by atoms with E-state index in [9.17, 15) is 14.3 Å². The van der Waals surface area contributed by atoms with Crippen molar-refractivity contribution in [3.63, 3.8) is 0 Å². The van der Waals surface area contributed by atoms with Gasteiger partial charge in [0.2, 0.25) is 0 Å². The Morgan fingerprint density at radius 2 is 2.33 bits per heavy atom. The van der Waals surface area contributed by atoms with E-state index in [4.69, 9.17) is 4.74 Å². The van der Waals surface area contributed by atoms with E-state index in [1.165, 1.54) is 6.07 Å². The fourth-order valence-electron chi connectivity index (χ4n) is 2.02. The Hall–Kier alpha value is -1.62. The second-order valence-electron chi connectivity index (χ2n) is 4.80. The predicted octanol–water partition coefficient (Wildman–Crippen LogP) is 1.83. The molecule has 0 saturated carbocycles. The van der Waals surface area contributed by atoms with Crippen LogP contribution in [0.4, 0.5) is 4.39 Å². The molecule has 5 heteroatoms. The van der Waals surface area contributed by atoms with Gasteiger partial charge in [0.25, 0.3) is 5.91 Å². The van der Waals surface area contributed by atoms with Gasteiger partial charge in [-0.3, -0.25) is 4.79 Å². The summed E-state index contributed by atoms with van der Waals surface area (Å²) in [6.07, 6.45) is 0.577. The number of hydrogen-bond acceptors (Lipinski definition) is 3. The zero-order valence-corrected chi connectivity index (χ0v) is 10.4. The molecule has 2 rings (SSSR count). The van der Waals surface area contributed by atoms with Gasteiger partial charge < -0.3 is 15.2 Å². The maximum Gasteiger partial charge on any atom is 0.255 e. The summed E-state index contributed by atoms with van der Waals surface area (Å²) in [6.45, 7) is 4.32. The van der Waals surface area contributed by atoms with Gasteiger partial charge in [-0.1, -0.05) is 0 Å². The largest absolute Gasteiger partial charge is 0.507 e. The van der Waals surface area contributed by atoms with Crippen molar-refractivity contribution in [3.8, 4) is 5.75 Å². The van der Waals surface area contributed by atoms with Crippen molar-refractivity contribution in [2.24, 2.45) is 0 Å². The molecule has 0 aromatic heterocycles. The van der Waals surface area contributed by atoms with Crippen molar-refractivity contribution in [1.29, 1.82) is 0 Å². The van der Waals surface area contributed by atoms with Crippen LogP contribution in [0.2, 0.25) is 0 Å². The number of halogens is 1. The Morgan fingerprint density at radius 1 is 1.61 bits per heavy atom. The fourth-order valence-corrected chi connectivity index (χ4v) is 2.02. The van der Waals surface area contributed by atoms with Crippen LogP contribution in [0.1, 0.15) is 30.6 Å². The Bertz CT molecular complexity index is 477. The van der Waals surface area contributed by atoms with Crippen LogP contribution in [0.5, 0.6) is 5.75 Å². The van der Waals surface area contributed by atoms with Crippen LogP contribution >= 0.6 is 0 Å². The summed E-state index contributed by atoms with van der Waals surface area (Å²) in [5, 5.41) is 12.4. The standard InChI is InChI=1S/C13H16FNO3/c1-8-13(2,5-6-18-8)15-12(17)10-7-9(14)3-4-11(10)16/h3-4,7-8,16H,5-6H2,1-2H3,(H,15,17). The van der Waals surface area contributed by atoms with Crippen molar-refractivity contribution >= 4 is 5.91 Å².